The molecule has 5 nitrogen and oxygen atoms in total. The van der Waals surface area contributed by atoms with Gasteiger partial charge < -0.3 is 15.1 Å². The number of hydrogen-bond donors (Lipinski definition) is 2. The molecule has 0 spiro atoms. The fourth-order valence-corrected chi connectivity index (χ4v) is 2.67. The summed E-state index contributed by atoms with van der Waals surface area (Å²) in [5.74, 6) is -1.18. The average molecular weight is 277 g/mol. The summed E-state index contributed by atoms with van der Waals surface area (Å²) < 4.78 is 0. The van der Waals surface area contributed by atoms with Gasteiger partial charge in [0.25, 0.3) is 5.91 Å². The third-order valence-electron chi connectivity index (χ3n) is 3.71. The third-order valence-corrected chi connectivity index (χ3v) is 3.71. The number of carboxylic acid groups (broad SMARTS) is 1. The first-order valence-corrected chi connectivity index (χ1v) is 6.88. The summed E-state index contributed by atoms with van der Waals surface area (Å²) >= 11 is 0. The maximum atomic E-state index is 12.5. The smallest absolute Gasteiger partial charge is 0.335 e. The number of carboxylic acids is 1. The Balaban J connectivity index is 2.20. The second kappa shape index (κ2) is 6.52. The number of amides is 1. The normalized spacial score (nSPS) is 18.9. The molecule has 0 bridgehead atoms. The highest BCUT2D eigenvalue weighted by Gasteiger charge is 2.27. The van der Waals surface area contributed by atoms with Crippen LogP contribution in [0.1, 0.15) is 46.4 Å². The Morgan fingerprint density at radius 1 is 1.25 bits per heavy atom. The first-order chi connectivity index (χ1) is 9.63. The molecule has 0 aliphatic carbocycles. The summed E-state index contributed by atoms with van der Waals surface area (Å²) in [6, 6.07) is 6.16. The van der Waals surface area contributed by atoms with Gasteiger partial charge in [-0.2, -0.15) is 0 Å². The quantitative estimate of drug-likeness (QED) is 0.879. The lowest BCUT2D eigenvalue weighted by Gasteiger charge is -2.35. The molecule has 1 atom stereocenters. The molecule has 1 aromatic carbocycles. The predicted octanol–water partition coefficient (Wildman–Crippen LogP) is 1.76. The lowest BCUT2D eigenvalue weighted by molar-refractivity contribution is 0.0574. The molecule has 1 saturated heterocycles. The minimum atomic E-state index is -1.04. The van der Waals surface area contributed by atoms with Gasteiger partial charge in [0, 0.05) is 24.8 Å². The van der Waals surface area contributed by atoms with Crippen LogP contribution < -0.4 is 0 Å². The lowest BCUT2D eigenvalue weighted by atomic mass is 9.98. The molecule has 1 aliphatic rings. The van der Waals surface area contributed by atoms with E-state index < -0.39 is 5.97 Å². The van der Waals surface area contributed by atoms with Gasteiger partial charge in [-0.25, -0.2) is 4.79 Å². The van der Waals surface area contributed by atoms with Crippen LogP contribution >= 0.6 is 0 Å². The van der Waals surface area contributed by atoms with Crippen molar-refractivity contribution in [1.29, 1.82) is 0 Å². The Morgan fingerprint density at radius 3 is 2.70 bits per heavy atom. The van der Waals surface area contributed by atoms with E-state index in [1.807, 2.05) is 0 Å². The van der Waals surface area contributed by atoms with Gasteiger partial charge in [-0.1, -0.05) is 6.07 Å². The van der Waals surface area contributed by atoms with E-state index in [-0.39, 0.29) is 24.1 Å². The summed E-state index contributed by atoms with van der Waals surface area (Å²) in [5.41, 5.74) is 0.515. The Bertz CT molecular complexity index is 498. The maximum Gasteiger partial charge on any atom is 0.335 e. The highest BCUT2D eigenvalue weighted by atomic mass is 16.4. The van der Waals surface area contributed by atoms with Crippen molar-refractivity contribution in [3.63, 3.8) is 0 Å². The molecule has 2 rings (SSSR count). The maximum absolute atomic E-state index is 12.5. The summed E-state index contributed by atoms with van der Waals surface area (Å²) in [6.45, 7) is 0.727. The molecule has 1 fully saturated rings. The van der Waals surface area contributed by atoms with Crippen molar-refractivity contribution in [3.05, 3.63) is 35.4 Å². The molecule has 1 unspecified atom stereocenters. The van der Waals surface area contributed by atoms with Crippen molar-refractivity contribution < 1.29 is 19.8 Å². The van der Waals surface area contributed by atoms with Crippen LogP contribution in [0.25, 0.3) is 0 Å². The molecule has 1 aliphatic heterocycles. The number of hydrogen-bond acceptors (Lipinski definition) is 3. The first-order valence-electron chi connectivity index (χ1n) is 6.88. The van der Waals surface area contributed by atoms with E-state index in [9.17, 15) is 9.59 Å². The number of benzene rings is 1. The van der Waals surface area contributed by atoms with E-state index in [1.54, 1.807) is 17.0 Å². The van der Waals surface area contributed by atoms with Gasteiger partial charge in [0.2, 0.25) is 0 Å². The fraction of sp³-hybridized carbons (Fsp3) is 0.467. The van der Waals surface area contributed by atoms with Gasteiger partial charge in [-0.3, -0.25) is 4.79 Å². The summed E-state index contributed by atoms with van der Waals surface area (Å²) in [7, 11) is 0. The molecule has 108 valence electrons. The number of likely N-dealkylation sites (tertiary alicyclic amines) is 1. The number of carbonyl (C=O) groups excluding carboxylic acids is 1. The first kappa shape index (κ1) is 14.5. The monoisotopic (exact) mass is 277 g/mol. The van der Waals surface area contributed by atoms with Crippen molar-refractivity contribution in [2.45, 2.75) is 31.7 Å². The largest absolute Gasteiger partial charge is 0.478 e. The highest BCUT2D eigenvalue weighted by Crippen LogP contribution is 2.22. The summed E-state index contributed by atoms with van der Waals surface area (Å²) in [5, 5.41) is 18.1. The van der Waals surface area contributed by atoms with Crippen LogP contribution in [0.4, 0.5) is 0 Å². The Hall–Kier alpha value is -1.88. The molecular weight excluding hydrogens is 258 g/mol. The van der Waals surface area contributed by atoms with Gasteiger partial charge in [0.15, 0.2) is 0 Å². The van der Waals surface area contributed by atoms with E-state index in [1.165, 1.54) is 12.1 Å². The van der Waals surface area contributed by atoms with E-state index >= 15 is 0 Å². The number of nitrogens with zero attached hydrogens (tertiary/aromatic N) is 1. The van der Waals surface area contributed by atoms with Gasteiger partial charge in [0.1, 0.15) is 0 Å². The van der Waals surface area contributed by atoms with Gasteiger partial charge in [-0.05, 0) is 43.9 Å². The zero-order valence-corrected chi connectivity index (χ0v) is 11.3. The molecule has 5 heteroatoms. The number of aliphatic hydroxyl groups excluding tert-OH is 1. The molecule has 1 heterocycles. The number of aliphatic hydroxyl groups is 1. The number of piperidine rings is 1. The van der Waals surface area contributed by atoms with Crippen LogP contribution in [-0.2, 0) is 0 Å². The molecule has 0 radical (unpaired) electrons. The molecule has 1 aromatic rings. The van der Waals surface area contributed by atoms with E-state index in [2.05, 4.69) is 0 Å². The summed E-state index contributed by atoms with van der Waals surface area (Å²) in [6.07, 6.45) is 3.48. The highest BCUT2D eigenvalue weighted by molar-refractivity contribution is 5.97. The molecule has 1 amide bonds. The van der Waals surface area contributed by atoms with Gasteiger partial charge >= 0.3 is 5.97 Å². The lowest BCUT2D eigenvalue weighted by Crippen LogP contribution is -2.44. The zero-order chi connectivity index (χ0) is 14.5. The Kier molecular flexibility index (Phi) is 4.74. The Labute approximate surface area is 117 Å². The summed E-state index contributed by atoms with van der Waals surface area (Å²) in [4.78, 5) is 25.2. The van der Waals surface area contributed by atoms with Gasteiger partial charge in [0.05, 0.1) is 5.56 Å². The van der Waals surface area contributed by atoms with Crippen LogP contribution in [0, 0.1) is 0 Å². The molecule has 20 heavy (non-hydrogen) atoms. The predicted molar refractivity (Wildman–Crippen MR) is 73.8 cm³/mol. The van der Waals surface area contributed by atoms with Crippen LogP contribution in [0.5, 0.6) is 0 Å². The second-order valence-corrected chi connectivity index (χ2v) is 5.05. The second-order valence-electron chi connectivity index (χ2n) is 5.05. The number of aromatic carboxylic acids is 1. The van der Waals surface area contributed by atoms with Crippen LogP contribution in [0.15, 0.2) is 24.3 Å². The van der Waals surface area contributed by atoms with Crippen molar-refractivity contribution in [3.8, 4) is 0 Å². The van der Waals surface area contributed by atoms with Crippen LogP contribution in [0.2, 0.25) is 0 Å². The van der Waals surface area contributed by atoms with Crippen molar-refractivity contribution in [2.75, 3.05) is 13.2 Å². The van der Waals surface area contributed by atoms with Crippen molar-refractivity contribution in [2.24, 2.45) is 0 Å². The fourth-order valence-electron chi connectivity index (χ4n) is 2.67. The van der Waals surface area contributed by atoms with E-state index in [0.29, 0.717) is 18.5 Å². The van der Waals surface area contributed by atoms with E-state index in [4.69, 9.17) is 10.2 Å². The minimum absolute atomic E-state index is 0.0507. The average Bonchev–Trinajstić information content (AvgIpc) is 2.47. The standard InChI is InChI=1S/C15H19NO4/c17-9-7-13-6-1-2-8-16(13)14(18)11-4-3-5-12(10-11)15(19)20/h3-5,10,13,17H,1-2,6-9H2,(H,19,20). The van der Waals surface area contributed by atoms with Crippen LogP contribution in [-0.4, -0.2) is 46.2 Å². The molecule has 0 aromatic heterocycles. The van der Waals surface area contributed by atoms with E-state index in [0.717, 1.165) is 19.3 Å². The minimum Gasteiger partial charge on any atom is -0.478 e. The number of carbonyl (C=O) groups is 2. The Morgan fingerprint density at radius 2 is 2.00 bits per heavy atom. The van der Waals surface area contributed by atoms with Gasteiger partial charge in [-0.15, -0.1) is 0 Å². The van der Waals surface area contributed by atoms with Crippen molar-refractivity contribution >= 4 is 11.9 Å². The third kappa shape index (κ3) is 3.17. The number of rotatable bonds is 4. The SMILES string of the molecule is O=C(O)c1cccc(C(=O)N2CCCCC2CCO)c1. The molecular formula is C15H19NO4. The van der Waals surface area contributed by atoms with Crippen LogP contribution in [0.3, 0.4) is 0 Å². The molecule has 0 saturated carbocycles. The molecule has 2 N–H and O–H groups in total. The topological polar surface area (TPSA) is 77.8 Å². The van der Waals surface area contributed by atoms with Crippen molar-refractivity contribution in [1.82, 2.24) is 4.90 Å². The zero-order valence-electron chi connectivity index (χ0n) is 11.3.